The van der Waals surface area contributed by atoms with Crippen LogP contribution in [0.25, 0.3) is 0 Å². The Morgan fingerprint density at radius 1 is 1.04 bits per heavy atom. The largest absolute Gasteiger partial charge is 0.481 e. The Kier molecular flexibility index (Phi) is 4.79. The van der Waals surface area contributed by atoms with E-state index < -0.39 is 6.10 Å². The highest BCUT2D eigenvalue weighted by Crippen LogP contribution is 2.31. The molecule has 0 bridgehead atoms. The Labute approximate surface area is 147 Å². The smallest absolute Gasteiger partial charge is 0.263 e. The topological polar surface area (TPSA) is 66.9 Å². The Balaban J connectivity index is 1.58. The Morgan fingerprint density at radius 3 is 2.20 bits per heavy atom. The number of ketones is 1. The highest BCUT2D eigenvalue weighted by Gasteiger charge is 2.43. The first-order chi connectivity index (χ1) is 11.8. The fourth-order valence-electron chi connectivity index (χ4n) is 3.73. The average Bonchev–Trinajstić information content (AvgIpc) is 3.13. The van der Waals surface area contributed by atoms with Crippen molar-refractivity contribution in [3.8, 4) is 5.75 Å². The highest BCUT2D eigenvalue weighted by atomic mass is 16.5. The van der Waals surface area contributed by atoms with Crippen LogP contribution in [0.5, 0.6) is 5.75 Å². The molecule has 1 aromatic rings. The number of hydrogen-bond donors (Lipinski definition) is 0. The summed E-state index contributed by atoms with van der Waals surface area (Å²) in [6, 6.07) is 6.89. The van der Waals surface area contributed by atoms with Crippen LogP contribution < -0.4 is 4.74 Å². The number of nitrogens with zero attached hydrogens (tertiary/aromatic N) is 2. The zero-order valence-electron chi connectivity index (χ0n) is 14.9. The lowest BCUT2D eigenvalue weighted by atomic mass is 10.0. The number of fused-ring (bicyclic) bond motifs is 1. The van der Waals surface area contributed by atoms with Crippen LogP contribution in [0.2, 0.25) is 0 Å². The number of rotatable bonds is 4. The Morgan fingerprint density at radius 2 is 1.64 bits per heavy atom. The summed E-state index contributed by atoms with van der Waals surface area (Å²) in [6.07, 6.45) is -0.607. The number of Topliss-reactive ketones (excluding diaryl/α,β-unsaturated/α-hetero) is 1. The van der Waals surface area contributed by atoms with Crippen molar-refractivity contribution in [2.75, 3.05) is 26.2 Å². The number of likely N-dealkylation sites (tertiary alicyclic amines) is 2. The molecule has 0 N–H and O–H groups in total. The maximum Gasteiger partial charge on any atom is 0.263 e. The summed E-state index contributed by atoms with van der Waals surface area (Å²) in [6.45, 7) is 7.65. The van der Waals surface area contributed by atoms with E-state index in [1.807, 2.05) is 9.80 Å². The monoisotopic (exact) mass is 344 g/mol. The number of benzene rings is 1. The lowest BCUT2D eigenvalue weighted by Gasteiger charge is -2.24. The number of amides is 2. The molecule has 3 atom stereocenters. The van der Waals surface area contributed by atoms with Crippen LogP contribution in [0, 0.1) is 11.8 Å². The first kappa shape index (κ1) is 17.5. The second kappa shape index (κ2) is 6.86. The van der Waals surface area contributed by atoms with Gasteiger partial charge in [0.2, 0.25) is 5.91 Å². The van der Waals surface area contributed by atoms with Crippen molar-refractivity contribution in [3.05, 3.63) is 29.8 Å². The summed E-state index contributed by atoms with van der Waals surface area (Å²) >= 11 is 0. The first-order valence-corrected chi connectivity index (χ1v) is 8.67. The second-order valence-electron chi connectivity index (χ2n) is 7.03. The van der Waals surface area contributed by atoms with Crippen molar-refractivity contribution >= 4 is 17.6 Å². The predicted molar refractivity (Wildman–Crippen MR) is 92.4 cm³/mol. The van der Waals surface area contributed by atoms with Crippen LogP contribution >= 0.6 is 0 Å². The summed E-state index contributed by atoms with van der Waals surface area (Å²) in [5.74, 6) is 1.27. The number of carbonyl (C=O) groups excluding carboxylic acids is 3. The maximum absolute atomic E-state index is 12.7. The summed E-state index contributed by atoms with van der Waals surface area (Å²) in [4.78, 5) is 39.3. The molecule has 3 rings (SSSR count). The predicted octanol–water partition coefficient (Wildman–Crippen LogP) is 1.59. The normalized spacial score (nSPS) is 23.3. The third-order valence-electron chi connectivity index (χ3n) is 5.14. The summed E-state index contributed by atoms with van der Waals surface area (Å²) < 4.78 is 5.75. The van der Waals surface area contributed by atoms with Crippen molar-refractivity contribution in [1.82, 2.24) is 9.80 Å². The van der Waals surface area contributed by atoms with E-state index in [1.54, 1.807) is 38.1 Å². The molecular formula is C19H24N2O4. The number of ether oxygens (including phenoxy) is 1. The summed E-state index contributed by atoms with van der Waals surface area (Å²) in [5.41, 5.74) is 0.567. The zero-order valence-corrected chi connectivity index (χ0v) is 14.9. The van der Waals surface area contributed by atoms with Gasteiger partial charge >= 0.3 is 0 Å². The van der Waals surface area contributed by atoms with E-state index in [0.29, 0.717) is 36.2 Å². The minimum absolute atomic E-state index is 0.0353. The minimum atomic E-state index is -0.607. The van der Waals surface area contributed by atoms with E-state index in [0.717, 1.165) is 13.1 Å². The second-order valence-corrected chi connectivity index (χ2v) is 7.03. The molecule has 2 aliphatic rings. The van der Waals surface area contributed by atoms with Crippen molar-refractivity contribution < 1.29 is 19.1 Å². The van der Waals surface area contributed by atoms with Crippen LogP contribution in [0.1, 0.15) is 31.1 Å². The van der Waals surface area contributed by atoms with E-state index in [4.69, 9.17) is 4.74 Å². The average molecular weight is 344 g/mol. The Hall–Kier alpha value is -2.37. The third kappa shape index (κ3) is 3.67. The van der Waals surface area contributed by atoms with Gasteiger partial charge < -0.3 is 14.5 Å². The van der Waals surface area contributed by atoms with Crippen LogP contribution in [0.3, 0.4) is 0 Å². The highest BCUT2D eigenvalue weighted by molar-refractivity contribution is 5.94. The number of hydrogen-bond acceptors (Lipinski definition) is 4. The van der Waals surface area contributed by atoms with Gasteiger partial charge in [-0.05, 0) is 26.0 Å². The number of carbonyl (C=O) groups is 3. The molecular weight excluding hydrogens is 320 g/mol. The Bertz CT molecular complexity index is 688. The third-order valence-corrected chi connectivity index (χ3v) is 5.14. The van der Waals surface area contributed by atoms with Gasteiger partial charge in [-0.15, -0.1) is 0 Å². The van der Waals surface area contributed by atoms with E-state index in [9.17, 15) is 14.4 Å². The molecule has 6 nitrogen and oxygen atoms in total. The van der Waals surface area contributed by atoms with Crippen LogP contribution in [0.4, 0.5) is 0 Å². The molecule has 25 heavy (non-hydrogen) atoms. The zero-order chi connectivity index (χ0) is 18.1. The molecule has 2 aliphatic heterocycles. The van der Waals surface area contributed by atoms with Crippen LogP contribution in [-0.4, -0.2) is 59.7 Å². The maximum atomic E-state index is 12.7. The van der Waals surface area contributed by atoms with Gasteiger partial charge in [0, 0.05) is 50.5 Å². The van der Waals surface area contributed by atoms with E-state index >= 15 is 0 Å². The van der Waals surface area contributed by atoms with Crippen molar-refractivity contribution in [1.29, 1.82) is 0 Å². The van der Waals surface area contributed by atoms with Gasteiger partial charge in [-0.3, -0.25) is 14.4 Å². The van der Waals surface area contributed by atoms with Crippen LogP contribution in [-0.2, 0) is 9.59 Å². The fraction of sp³-hybridized carbons (Fsp3) is 0.526. The van der Waals surface area contributed by atoms with Crippen molar-refractivity contribution in [3.63, 3.8) is 0 Å². The molecule has 134 valence electrons. The van der Waals surface area contributed by atoms with Crippen molar-refractivity contribution in [2.24, 2.45) is 11.8 Å². The molecule has 0 aliphatic carbocycles. The molecule has 1 aromatic carbocycles. The van der Waals surface area contributed by atoms with E-state index in [2.05, 4.69) is 0 Å². The van der Waals surface area contributed by atoms with Gasteiger partial charge in [0.25, 0.3) is 5.91 Å². The van der Waals surface area contributed by atoms with Crippen LogP contribution in [0.15, 0.2) is 24.3 Å². The molecule has 1 unspecified atom stereocenters. The SMILES string of the molecule is CC(=O)c1cccc(OC(C)C(=O)N2C[C@H]3CN(C(C)=O)C[C@H]3C2)c1. The molecule has 2 amide bonds. The van der Waals surface area contributed by atoms with E-state index in [1.165, 1.54) is 6.92 Å². The standard InChI is InChI=1S/C19H24N2O4/c1-12(22)15-5-4-6-18(7-15)25-13(2)19(24)21-10-16-8-20(14(3)23)9-17(16)11-21/h4-7,13,16-17H,8-11H2,1-3H3/t13?,16-,17+. The lowest BCUT2D eigenvalue weighted by molar-refractivity contribution is -0.137. The van der Waals surface area contributed by atoms with Gasteiger partial charge in [0.1, 0.15) is 5.75 Å². The fourth-order valence-corrected chi connectivity index (χ4v) is 3.73. The quantitative estimate of drug-likeness (QED) is 0.778. The van der Waals surface area contributed by atoms with Gasteiger partial charge in [0.05, 0.1) is 0 Å². The lowest BCUT2D eigenvalue weighted by Crippen LogP contribution is -2.41. The minimum Gasteiger partial charge on any atom is -0.481 e. The van der Waals surface area contributed by atoms with E-state index in [-0.39, 0.29) is 17.6 Å². The molecule has 2 heterocycles. The summed E-state index contributed by atoms with van der Waals surface area (Å²) in [5, 5.41) is 0. The van der Waals surface area contributed by atoms with Gasteiger partial charge in [0.15, 0.2) is 11.9 Å². The molecule has 2 saturated heterocycles. The molecule has 2 fully saturated rings. The molecule has 0 spiro atoms. The van der Waals surface area contributed by atoms with Gasteiger partial charge in [-0.2, -0.15) is 0 Å². The van der Waals surface area contributed by atoms with Gasteiger partial charge in [-0.1, -0.05) is 12.1 Å². The molecule has 0 radical (unpaired) electrons. The first-order valence-electron chi connectivity index (χ1n) is 8.67. The van der Waals surface area contributed by atoms with Gasteiger partial charge in [-0.25, -0.2) is 0 Å². The van der Waals surface area contributed by atoms with Crippen molar-refractivity contribution in [2.45, 2.75) is 26.9 Å². The molecule has 0 aromatic heterocycles. The molecule has 6 heteroatoms. The summed E-state index contributed by atoms with van der Waals surface area (Å²) in [7, 11) is 0. The molecule has 0 saturated carbocycles.